The molecule has 210 valence electrons. The summed E-state index contributed by atoms with van der Waals surface area (Å²) >= 11 is 0. The van der Waals surface area contributed by atoms with Crippen LogP contribution in [0, 0.1) is 5.92 Å². The topological polar surface area (TPSA) is 101 Å². The van der Waals surface area contributed by atoms with E-state index in [2.05, 4.69) is 15.0 Å². The summed E-state index contributed by atoms with van der Waals surface area (Å²) in [6.45, 7) is 1.67. The number of hydrogen-bond donors (Lipinski definition) is 1. The molecular formula is C28H34F2N4O5. The Morgan fingerprint density at radius 3 is 2.62 bits per heavy atom. The monoisotopic (exact) mass is 544 g/mol. The van der Waals surface area contributed by atoms with Crippen molar-refractivity contribution in [3.63, 3.8) is 0 Å². The van der Waals surface area contributed by atoms with E-state index < -0.39 is 12.7 Å². The molecular weight excluding hydrogens is 510 g/mol. The maximum atomic E-state index is 13.2. The third kappa shape index (κ3) is 7.21. The molecule has 1 aromatic carbocycles. The van der Waals surface area contributed by atoms with Crippen LogP contribution >= 0.6 is 0 Å². The van der Waals surface area contributed by atoms with E-state index in [0.29, 0.717) is 37.7 Å². The molecule has 0 spiro atoms. The Labute approximate surface area is 226 Å². The number of ether oxygens (including phenoxy) is 2. The molecule has 1 N–H and O–H groups in total. The van der Waals surface area contributed by atoms with Crippen molar-refractivity contribution in [1.82, 2.24) is 20.1 Å². The zero-order valence-corrected chi connectivity index (χ0v) is 22.4. The summed E-state index contributed by atoms with van der Waals surface area (Å²) in [6.07, 6.45) is 2.45. The third-order valence-corrected chi connectivity index (χ3v) is 7.13. The second-order valence-corrected chi connectivity index (χ2v) is 10.0. The van der Waals surface area contributed by atoms with Crippen molar-refractivity contribution in [1.29, 1.82) is 0 Å². The minimum atomic E-state index is -2.98. The fourth-order valence-electron chi connectivity index (χ4n) is 4.58. The maximum absolute atomic E-state index is 13.2. The zero-order valence-electron chi connectivity index (χ0n) is 22.4. The summed E-state index contributed by atoms with van der Waals surface area (Å²) in [6, 6.07) is 9.13. The number of carbonyl (C=O) groups is 3. The first kappa shape index (κ1) is 28.3. The Morgan fingerprint density at radius 2 is 1.95 bits per heavy atom. The van der Waals surface area contributed by atoms with E-state index in [4.69, 9.17) is 4.74 Å². The van der Waals surface area contributed by atoms with Crippen LogP contribution in [-0.4, -0.2) is 71.9 Å². The van der Waals surface area contributed by atoms with Gasteiger partial charge in [-0.2, -0.15) is 8.78 Å². The van der Waals surface area contributed by atoms with Crippen molar-refractivity contribution < 1.29 is 32.6 Å². The molecule has 0 bridgehead atoms. The Hall–Kier alpha value is -3.76. The molecule has 11 heteroatoms. The maximum Gasteiger partial charge on any atom is 0.387 e. The molecule has 1 aromatic heterocycles. The first-order chi connectivity index (χ1) is 18.7. The molecule has 1 aliphatic carbocycles. The average Bonchev–Trinajstić information content (AvgIpc) is 3.64. The largest absolute Gasteiger partial charge is 0.489 e. The van der Waals surface area contributed by atoms with Gasteiger partial charge in [-0.05, 0) is 61.9 Å². The molecule has 1 unspecified atom stereocenters. The lowest BCUT2D eigenvalue weighted by atomic mass is 9.95. The first-order valence-electron chi connectivity index (χ1n) is 13.1. The van der Waals surface area contributed by atoms with Gasteiger partial charge >= 0.3 is 6.61 Å². The average molecular weight is 545 g/mol. The van der Waals surface area contributed by atoms with Crippen LogP contribution in [0.4, 0.5) is 8.78 Å². The molecule has 2 heterocycles. The van der Waals surface area contributed by atoms with Gasteiger partial charge in [0.25, 0.3) is 5.91 Å². The number of nitrogens with one attached hydrogen (secondary N) is 1. The SMILES string of the molecule is CCN(C)C(=O)c1cccc(CNC(=O)[C@H]2CC(c3ccc(OC(F)F)c(OCC4CC4)c3)CN2C(C)=O)n1. The summed E-state index contributed by atoms with van der Waals surface area (Å²) in [5.74, 6) is -0.371. The van der Waals surface area contributed by atoms with Crippen molar-refractivity contribution in [2.24, 2.45) is 5.92 Å². The number of carbonyl (C=O) groups excluding carboxylic acids is 3. The van der Waals surface area contributed by atoms with Crippen LogP contribution in [0.3, 0.4) is 0 Å². The van der Waals surface area contributed by atoms with Gasteiger partial charge in [0.1, 0.15) is 11.7 Å². The number of rotatable bonds is 11. The predicted octanol–water partition coefficient (Wildman–Crippen LogP) is 3.58. The van der Waals surface area contributed by atoms with E-state index in [9.17, 15) is 23.2 Å². The Bertz CT molecular complexity index is 1210. The van der Waals surface area contributed by atoms with Crippen molar-refractivity contribution in [2.45, 2.75) is 58.2 Å². The van der Waals surface area contributed by atoms with Gasteiger partial charge in [0.2, 0.25) is 11.8 Å². The predicted molar refractivity (Wildman–Crippen MR) is 139 cm³/mol. The van der Waals surface area contributed by atoms with E-state index in [0.717, 1.165) is 18.4 Å². The van der Waals surface area contributed by atoms with E-state index in [1.165, 1.54) is 17.9 Å². The molecule has 0 radical (unpaired) electrons. The van der Waals surface area contributed by atoms with Gasteiger partial charge in [-0.25, -0.2) is 4.98 Å². The number of amides is 3. The van der Waals surface area contributed by atoms with Crippen LogP contribution < -0.4 is 14.8 Å². The standard InChI is InChI=1S/C28H34F2N4O5/c1-4-33(3)27(37)22-7-5-6-21(32-22)14-31-26(36)23-12-20(15-34(23)17(2)35)19-10-11-24(39-28(29)30)25(13-19)38-16-18-8-9-18/h5-7,10-11,13,18,20,23,28H,4,8-9,12,14-16H2,1-3H3,(H,31,36)/t20?,23-/m1/s1. The number of nitrogens with zero attached hydrogens (tertiary/aromatic N) is 3. The second kappa shape index (κ2) is 12.4. The quantitative estimate of drug-likeness (QED) is 0.464. The highest BCUT2D eigenvalue weighted by molar-refractivity contribution is 5.92. The fraction of sp³-hybridized carbons (Fsp3) is 0.500. The number of alkyl halides is 2. The van der Waals surface area contributed by atoms with Crippen LogP contribution in [0.15, 0.2) is 36.4 Å². The summed E-state index contributed by atoms with van der Waals surface area (Å²) < 4.78 is 36.3. The molecule has 1 aliphatic heterocycles. The minimum Gasteiger partial charge on any atom is -0.489 e. The van der Waals surface area contributed by atoms with Gasteiger partial charge < -0.3 is 24.6 Å². The van der Waals surface area contributed by atoms with Gasteiger partial charge in [0.05, 0.1) is 18.8 Å². The lowest BCUT2D eigenvalue weighted by molar-refractivity contribution is -0.136. The molecule has 2 aromatic rings. The van der Waals surface area contributed by atoms with Crippen molar-refractivity contribution in [3.8, 4) is 11.5 Å². The molecule has 2 atom stereocenters. The second-order valence-electron chi connectivity index (χ2n) is 10.0. The van der Waals surface area contributed by atoms with E-state index >= 15 is 0 Å². The fourth-order valence-corrected chi connectivity index (χ4v) is 4.58. The summed E-state index contributed by atoms with van der Waals surface area (Å²) in [4.78, 5) is 45.4. The Morgan fingerprint density at radius 1 is 1.18 bits per heavy atom. The highest BCUT2D eigenvalue weighted by atomic mass is 19.3. The number of likely N-dealkylation sites (tertiary alicyclic amines) is 1. The summed E-state index contributed by atoms with van der Waals surface area (Å²) in [5.41, 5.74) is 1.59. The number of halogens is 2. The molecule has 2 fully saturated rings. The van der Waals surface area contributed by atoms with E-state index in [-0.39, 0.29) is 47.4 Å². The molecule has 3 amide bonds. The van der Waals surface area contributed by atoms with Gasteiger partial charge in [-0.1, -0.05) is 12.1 Å². The summed E-state index contributed by atoms with van der Waals surface area (Å²) in [5, 5.41) is 2.84. The minimum absolute atomic E-state index is 0.0385. The third-order valence-electron chi connectivity index (χ3n) is 7.13. The van der Waals surface area contributed by atoms with E-state index in [1.54, 1.807) is 42.3 Å². The Balaban J connectivity index is 1.45. The molecule has 4 rings (SSSR count). The number of pyridine rings is 1. The normalized spacial score (nSPS) is 18.7. The molecule has 2 aliphatic rings. The van der Waals surface area contributed by atoms with Crippen LogP contribution in [0.5, 0.6) is 11.5 Å². The smallest absolute Gasteiger partial charge is 0.387 e. The van der Waals surface area contributed by atoms with Crippen LogP contribution in [0.2, 0.25) is 0 Å². The van der Waals surface area contributed by atoms with Crippen LogP contribution in [0.1, 0.15) is 60.8 Å². The lowest BCUT2D eigenvalue weighted by Gasteiger charge is -2.22. The van der Waals surface area contributed by atoms with Gasteiger partial charge in [0, 0.05) is 33.0 Å². The zero-order chi connectivity index (χ0) is 28.1. The lowest BCUT2D eigenvalue weighted by Crippen LogP contribution is -2.45. The van der Waals surface area contributed by atoms with Crippen molar-refractivity contribution in [3.05, 3.63) is 53.3 Å². The molecule has 1 saturated heterocycles. The highest BCUT2D eigenvalue weighted by Gasteiger charge is 2.39. The number of hydrogen-bond acceptors (Lipinski definition) is 6. The van der Waals surface area contributed by atoms with Crippen molar-refractivity contribution in [2.75, 3.05) is 26.7 Å². The van der Waals surface area contributed by atoms with E-state index in [1.807, 2.05) is 6.92 Å². The van der Waals surface area contributed by atoms with Gasteiger partial charge in [-0.3, -0.25) is 14.4 Å². The van der Waals surface area contributed by atoms with Crippen molar-refractivity contribution >= 4 is 17.7 Å². The van der Waals surface area contributed by atoms with Crippen LogP contribution in [0.25, 0.3) is 0 Å². The Kier molecular flexibility index (Phi) is 8.98. The summed E-state index contributed by atoms with van der Waals surface area (Å²) in [7, 11) is 1.69. The van der Waals surface area contributed by atoms with Crippen LogP contribution in [-0.2, 0) is 16.1 Å². The van der Waals surface area contributed by atoms with Gasteiger partial charge in [0.15, 0.2) is 11.5 Å². The molecule has 9 nitrogen and oxygen atoms in total. The number of benzene rings is 1. The first-order valence-corrected chi connectivity index (χ1v) is 13.1. The molecule has 39 heavy (non-hydrogen) atoms. The number of aromatic nitrogens is 1. The highest BCUT2D eigenvalue weighted by Crippen LogP contribution is 2.39. The van der Waals surface area contributed by atoms with Gasteiger partial charge in [-0.15, -0.1) is 0 Å². The molecule has 1 saturated carbocycles.